The summed E-state index contributed by atoms with van der Waals surface area (Å²) < 4.78 is 0. The summed E-state index contributed by atoms with van der Waals surface area (Å²) in [5, 5.41) is 0.961. The van der Waals surface area contributed by atoms with Crippen LogP contribution in [0, 0.1) is 6.92 Å². The number of amides is 2. The van der Waals surface area contributed by atoms with E-state index in [1.54, 1.807) is 17.5 Å². The van der Waals surface area contributed by atoms with E-state index in [-0.39, 0.29) is 18.4 Å². The molecule has 0 radical (unpaired) electrons. The lowest BCUT2D eigenvalue weighted by Crippen LogP contribution is -2.49. The monoisotopic (exact) mass is 515 g/mol. The lowest BCUT2D eigenvalue weighted by molar-refractivity contribution is -0.117. The standard InChI is InChI=1S/C27H29N7O2S/c1-3-34(23(35)16-28)27-30-24(21-15-18(2)37-25(21)31-27)32-11-13-33(14-12-32)26(36)20-9-10-22(29-17-20)19-7-5-4-6-8-19/h4-10,15,17H,3,11-14,16,28H2,1-2H3. The van der Waals surface area contributed by atoms with Gasteiger partial charge in [0.25, 0.3) is 5.91 Å². The predicted octanol–water partition coefficient (Wildman–Crippen LogP) is 3.34. The van der Waals surface area contributed by atoms with Crippen molar-refractivity contribution in [2.45, 2.75) is 13.8 Å². The van der Waals surface area contributed by atoms with Crippen molar-refractivity contribution in [1.82, 2.24) is 19.9 Å². The van der Waals surface area contributed by atoms with E-state index in [0.717, 1.165) is 32.2 Å². The van der Waals surface area contributed by atoms with Crippen molar-refractivity contribution in [2.24, 2.45) is 5.73 Å². The highest BCUT2D eigenvalue weighted by Gasteiger charge is 2.26. The SMILES string of the molecule is CCN(C(=O)CN)c1nc(N2CCN(C(=O)c3ccc(-c4ccccc4)nc3)CC2)c2cc(C)sc2n1. The topological polar surface area (TPSA) is 109 Å². The first-order valence-corrected chi connectivity index (χ1v) is 13.1. The zero-order chi connectivity index (χ0) is 25.9. The van der Waals surface area contributed by atoms with Crippen LogP contribution in [0.3, 0.4) is 0 Å². The molecule has 37 heavy (non-hydrogen) atoms. The minimum absolute atomic E-state index is 0.0302. The third-order valence-electron chi connectivity index (χ3n) is 6.46. The quantitative estimate of drug-likeness (QED) is 0.420. The fourth-order valence-electron chi connectivity index (χ4n) is 4.52. The second kappa shape index (κ2) is 10.6. The van der Waals surface area contributed by atoms with Gasteiger partial charge >= 0.3 is 0 Å². The normalized spacial score (nSPS) is 13.7. The van der Waals surface area contributed by atoms with Gasteiger partial charge in [0.2, 0.25) is 11.9 Å². The molecule has 0 bridgehead atoms. The van der Waals surface area contributed by atoms with Crippen molar-refractivity contribution in [3.63, 3.8) is 0 Å². The van der Waals surface area contributed by atoms with E-state index >= 15 is 0 Å². The van der Waals surface area contributed by atoms with Gasteiger partial charge in [-0.1, -0.05) is 30.3 Å². The maximum Gasteiger partial charge on any atom is 0.255 e. The summed E-state index contributed by atoms with van der Waals surface area (Å²) in [7, 11) is 0. The van der Waals surface area contributed by atoms with Gasteiger partial charge in [-0.3, -0.25) is 19.5 Å². The maximum atomic E-state index is 13.2. The van der Waals surface area contributed by atoms with Crippen molar-refractivity contribution in [2.75, 3.05) is 49.1 Å². The summed E-state index contributed by atoms with van der Waals surface area (Å²) in [6, 6.07) is 15.7. The van der Waals surface area contributed by atoms with E-state index in [2.05, 4.69) is 20.9 Å². The number of carbonyl (C=O) groups is 2. The number of pyridine rings is 1. The van der Waals surface area contributed by atoms with Crippen LogP contribution >= 0.6 is 11.3 Å². The van der Waals surface area contributed by atoms with Gasteiger partial charge in [0.1, 0.15) is 10.6 Å². The number of piperazine rings is 1. The Morgan fingerprint density at radius 1 is 1.05 bits per heavy atom. The number of thiophene rings is 1. The molecule has 3 aromatic heterocycles. The molecule has 4 heterocycles. The summed E-state index contributed by atoms with van der Waals surface area (Å²) in [6.07, 6.45) is 1.65. The van der Waals surface area contributed by atoms with Crippen molar-refractivity contribution in [3.05, 3.63) is 65.2 Å². The molecule has 0 saturated carbocycles. The molecule has 1 saturated heterocycles. The molecule has 0 aliphatic carbocycles. The molecule has 2 amide bonds. The van der Waals surface area contributed by atoms with Crippen LogP contribution < -0.4 is 15.5 Å². The summed E-state index contributed by atoms with van der Waals surface area (Å²) in [4.78, 5) is 47.0. The Balaban J connectivity index is 1.33. The lowest BCUT2D eigenvalue weighted by Gasteiger charge is -2.36. The predicted molar refractivity (Wildman–Crippen MR) is 147 cm³/mol. The molecular weight excluding hydrogens is 486 g/mol. The van der Waals surface area contributed by atoms with Crippen molar-refractivity contribution < 1.29 is 9.59 Å². The number of rotatable bonds is 6. The number of hydrogen-bond donors (Lipinski definition) is 1. The molecule has 1 fully saturated rings. The first-order chi connectivity index (χ1) is 18.0. The molecule has 1 aliphatic heterocycles. The highest BCUT2D eigenvalue weighted by molar-refractivity contribution is 7.18. The molecule has 0 spiro atoms. The zero-order valence-corrected chi connectivity index (χ0v) is 21.7. The fourth-order valence-corrected chi connectivity index (χ4v) is 5.39. The molecule has 1 aromatic carbocycles. The number of likely N-dealkylation sites (N-methyl/N-ethyl adjacent to an activating group) is 1. The minimum Gasteiger partial charge on any atom is -0.352 e. The van der Waals surface area contributed by atoms with Crippen LogP contribution in [-0.2, 0) is 4.79 Å². The van der Waals surface area contributed by atoms with Crippen LogP contribution in [0.25, 0.3) is 21.5 Å². The van der Waals surface area contributed by atoms with Crippen LogP contribution in [-0.4, -0.2) is 70.9 Å². The molecule has 0 atom stereocenters. The van der Waals surface area contributed by atoms with Crippen molar-refractivity contribution in [3.8, 4) is 11.3 Å². The molecule has 190 valence electrons. The number of nitrogens with zero attached hydrogens (tertiary/aromatic N) is 6. The summed E-state index contributed by atoms with van der Waals surface area (Å²) in [6.45, 7) is 6.61. The minimum atomic E-state index is -0.219. The summed E-state index contributed by atoms with van der Waals surface area (Å²) in [5.74, 6) is 0.903. The number of benzene rings is 1. The lowest BCUT2D eigenvalue weighted by atomic mass is 10.1. The molecule has 1 aliphatic rings. The Morgan fingerprint density at radius 2 is 1.81 bits per heavy atom. The zero-order valence-electron chi connectivity index (χ0n) is 20.9. The Morgan fingerprint density at radius 3 is 2.46 bits per heavy atom. The maximum absolute atomic E-state index is 13.2. The Hall–Kier alpha value is -3.89. The second-order valence-electron chi connectivity index (χ2n) is 8.84. The highest BCUT2D eigenvalue weighted by Crippen LogP contribution is 2.33. The first-order valence-electron chi connectivity index (χ1n) is 12.3. The molecule has 5 rings (SSSR count). The molecule has 9 nitrogen and oxygen atoms in total. The Bertz CT molecular complexity index is 1410. The Labute approximate surface area is 219 Å². The average molecular weight is 516 g/mol. The molecular formula is C27H29N7O2S. The highest BCUT2D eigenvalue weighted by atomic mass is 32.1. The van der Waals surface area contributed by atoms with E-state index in [9.17, 15) is 9.59 Å². The smallest absolute Gasteiger partial charge is 0.255 e. The van der Waals surface area contributed by atoms with Gasteiger partial charge in [0.15, 0.2) is 0 Å². The number of nitrogens with two attached hydrogens (primary N) is 1. The third-order valence-corrected chi connectivity index (χ3v) is 7.41. The second-order valence-corrected chi connectivity index (χ2v) is 10.1. The van der Waals surface area contributed by atoms with E-state index in [1.165, 1.54) is 4.90 Å². The van der Waals surface area contributed by atoms with Gasteiger partial charge < -0.3 is 15.5 Å². The van der Waals surface area contributed by atoms with E-state index in [0.29, 0.717) is 44.2 Å². The molecule has 10 heteroatoms. The van der Waals surface area contributed by atoms with Crippen LogP contribution in [0.15, 0.2) is 54.7 Å². The van der Waals surface area contributed by atoms with E-state index < -0.39 is 0 Å². The van der Waals surface area contributed by atoms with Gasteiger partial charge in [-0.15, -0.1) is 11.3 Å². The van der Waals surface area contributed by atoms with Crippen LogP contribution in [0.4, 0.5) is 11.8 Å². The van der Waals surface area contributed by atoms with Gasteiger partial charge in [0, 0.05) is 49.4 Å². The summed E-state index contributed by atoms with van der Waals surface area (Å²) in [5.41, 5.74) is 8.05. The number of aromatic nitrogens is 3. The number of anilines is 2. The van der Waals surface area contributed by atoms with Gasteiger partial charge in [-0.05, 0) is 32.0 Å². The van der Waals surface area contributed by atoms with E-state index in [4.69, 9.17) is 10.7 Å². The van der Waals surface area contributed by atoms with Crippen LogP contribution in [0.5, 0.6) is 0 Å². The van der Waals surface area contributed by atoms with Crippen molar-refractivity contribution >= 4 is 45.1 Å². The van der Waals surface area contributed by atoms with Gasteiger partial charge in [-0.25, -0.2) is 4.98 Å². The molecule has 0 unspecified atom stereocenters. The van der Waals surface area contributed by atoms with Crippen LogP contribution in [0.2, 0.25) is 0 Å². The summed E-state index contributed by atoms with van der Waals surface area (Å²) >= 11 is 1.58. The van der Waals surface area contributed by atoms with Crippen LogP contribution in [0.1, 0.15) is 22.2 Å². The first kappa shape index (κ1) is 24.8. The number of aryl methyl sites for hydroxylation is 1. The number of fused-ring (bicyclic) bond motifs is 1. The van der Waals surface area contributed by atoms with E-state index in [1.807, 2.05) is 61.2 Å². The van der Waals surface area contributed by atoms with Gasteiger partial charge in [-0.2, -0.15) is 4.98 Å². The Kier molecular flexibility index (Phi) is 7.11. The molecule has 2 N–H and O–H groups in total. The number of hydrogen-bond acceptors (Lipinski definition) is 8. The third kappa shape index (κ3) is 5.03. The fraction of sp³-hybridized carbons (Fsp3) is 0.296. The van der Waals surface area contributed by atoms with Crippen molar-refractivity contribution in [1.29, 1.82) is 0 Å². The van der Waals surface area contributed by atoms with Gasteiger partial charge in [0.05, 0.1) is 23.2 Å². The largest absolute Gasteiger partial charge is 0.352 e. The number of carbonyl (C=O) groups excluding carboxylic acids is 2. The average Bonchev–Trinajstić information content (AvgIpc) is 3.33. The molecule has 4 aromatic rings.